The molecule has 0 saturated carbocycles. The lowest BCUT2D eigenvalue weighted by atomic mass is 9.87. The summed E-state index contributed by atoms with van der Waals surface area (Å²) in [5.74, 6) is 0.507. The summed E-state index contributed by atoms with van der Waals surface area (Å²) in [7, 11) is 0. The molecule has 1 aliphatic carbocycles. The molecule has 0 spiro atoms. The van der Waals surface area contributed by atoms with Gasteiger partial charge in [0.15, 0.2) is 5.11 Å². The molecular weight excluding hydrogens is 644 g/mol. The highest BCUT2D eigenvalue weighted by atomic mass is 35.5. The largest absolute Gasteiger partial charge is 0.489 e. The number of alkyl halides is 1. The Kier molecular flexibility index (Phi) is 10.3. The van der Waals surface area contributed by atoms with Gasteiger partial charge in [-0.25, -0.2) is 4.98 Å². The van der Waals surface area contributed by atoms with Crippen molar-refractivity contribution < 1.29 is 13.9 Å². The average Bonchev–Trinajstić information content (AvgIpc) is 3.72. The molecule has 1 saturated heterocycles. The van der Waals surface area contributed by atoms with Gasteiger partial charge in [-0.15, -0.1) is 0 Å². The Balaban J connectivity index is 1.29. The third kappa shape index (κ3) is 7.44. The van der Waals surface area contributed by atoms with Gasteiger partial charge in [0.25, 0.3) is 5.91 Å². The molecular formula is C35H34Cl2FN5O2S. The Morgan fingerprint density at radius 1 is 1.04 bits per heavy atom. The highest BCUT2D eigenvalue weighted by Crippen LogP contribution is 2.42. The molecule has 7 nitrogen and oxygen atoms in total. The smallest absolute Gasteiger partial charge is 0.269 e. The minimum Gasteiger partial charge on any atom is -0.489 e. The van der Waals surface area contributed by atoms with E-state index in [4.69, 9.17) is 40.2 Å². The van der Waals surface area contributed by atoms with Crippen LogP contribution in [0.3, 0.4) is 0 Å². The Bertz CT molecular complexity index is 1750. The second-order valence-electron chi connectivity index (χ2n) is 11.5. The summed E-state index contributed by atoms with van der Waals surface area (Å²) in [5.41, 5.74) is 12.3. The summed E-state index contributed by atoms with van der Waals surface area (Å²) in [5, 5.41) is 1.49. The van der Waals surface area contributed by atoms with Gasteiger partial charge in [-0.1, -0.05) is 47.5 Å². The van der Waals surface area contributed by atoms with Gasteiger partial charge in [0, 0.05) is 47.6 Å². The normalized spacial score (nSPS) is 16.5. The standard InChI is InChI=1S/C35H34Cl2FN5O2S/c36-26-8-12-30(32(37)20-26)31-4-1-3-24-19-25(34(44)40-41-35(46)43-18-15-39-22-43)7-11-29(24)33(31)23-5-9-27(10-6-23)45-28-13-17-42(21-28)16-2-14-38/h5-12,15,18-20,22,28H,1-4,13-14,16-17,21H2,(H,40,44)(H,41,46). The molecule has 11 heteroatoms. The van der Waals surface area contributed by atoms with Gasteiger partial charge >= 0.3 is 0 Å². The van der Waals surface area contributed by atoms with E-state index in [1.54, 1.807) is 29.4 Å². The number of rotatable bonds is 8. The summed E-state index contributed by atoms with van der Waals surface area (Å²) in [6.07, 6.45) is 8.88. The number of fused-ring (bicyclic) bond motifs is 1. The van der Waals surface area contributed by atoms with Crippen LogP contribution in [-0.2, 0) is 6.42 Å². The van der Waals surface area contributed by atoms with Crippen LogP contribution in [0.4, 0.5) is 4.39 Å². The maximum absolute atomic E-state index is 13.1. The van der Waals surface area contributed by atoms with E-state index in [9.17, 15) is 9.18 Å². The van der Waals surface area contributed by atoms with Crippen LogP contribution in [0.15, 0.2) is 79.4 Å². The van der Waals surface area contributed by atoms with Crippen molar-refractivity contribution in [2.45, 2.75) is 38.2 Å². The second-order valence-corrected chi connectivity index (χ2v) is 12.7. The average molecular weight is 679 g/mol. The van der Waals surface area contributed by atoms with Gasteiger partial charge in [-0.2, -0.15) is 0 Å². The first-order chi connectivity index (χ1) is 22.4. The van der Waals surface area contributed by atoms with E-state index in [2.05, 4.69) is 32.9 Å². The summed E-state index contributed by atoms with van der Waals surface area (Å²) < 4.78 is 20.5. The van der Waals surface area contributed by atoms with Crippen molar-refractivity contribution in [2.24, 2.45) is 0 Å². The number of halogens is 3. The topological polar surface area (TPSA) is 71.4 Å². The van der Waals surface area contributed by atoms with E-state index >= 15 is 0 Å². The van der Waals surface area contributed by atoms with Crippen LogP contribution >= 0.6 is 35.4 Å². The van der Waals surface area contributed by atoms with Crippen molar-refractivity contribution in [3.8, 4) is 5.75 Å². The van der Waals surface area contributed by atoms with Crippen LogP contribution in [0.25, 0.3) is 11.1 Å². The number of aromatic nitrogens is 2. The zero-order valence-electron chi connectivity index (χ0n) is 25.1. The zero-order chi connectivity index (χ0) is 32.0. The predicted molar refractivity (Wildman–Crippen MR) is 185 cm³/mol. The van der Waals surface area contributed by atoms with Gasteiger partial charge in [-0.3, -0.25) is 29.5 Å². The number of carbonyl (C=O) groups is 1. The van der Waals surface area contributed by atoms with Gasteiger partial charge in [0.1, 0.15) is 18.2 Å². The number of thiocarbonyl (C=S) groups is 1. The van der Waals surface area contributed by atoms with Crippen molar-refractivity contribution in [2.75, 3.05) is 26.3 Å². The van der Waals surface area contributed by atoms with Gasteiger partial charge in [-0.05, 0) is 114 Å². The zero-order valence-corrected chi connectivity index (χ0v) is 27.5. The highest BCUT2D eigenvalue weighted by molar-refractivity contribution is 7.80. The van der Waals surface area contributed by atoms with E-state index in [1.807, 2.05) is 42.5 Å². The van der Waals surface area contributed by atoms with E-state index in [1.165, 1.54) is 0 Å². The molecule has 2 heterocycles. The molecule has 238 valence electrons. The van der Waals surface area contributed by atoms with E-state index < -0.39 is 0 Å². The van der Waals surface area contributed by atoms with E-state index in [0.717, 1.165) is 84.5 Å². The number of allylic oxidation sites excluding steroid dienone is 1. The number of hydrazine groups is 1. The monoisotopic (exact) mass is 677 g/mol. The van der Waals surface area contributed by atoms with Crippen molar-refractivity contribution in [3.63, 3.8) is 0 Å². The van der Waals surface area contributed by atoms with Crippen molar-refractivity contribution in [1.82, 2.24) is 25.3 Å². The number of aryl methyl sites for hydroxylation is 1. The van der Waals surface area contributed by atoms with Crippen LogP contribution in [0.5, 0.6) is 5.75 Å². The number of hydrogen-bond acceptors (Lipinski definition) is 5. The number of ether oxygens (including phenoxy) is 1. The molecule has 4 aromatic rings. The van der Waals surface area contributed by atoms with Crippen LogP contribution < -0.4 is 15.6 Å². The van der Waals surface area contributed by atoms with Crippen LogP contribution in [-0.4, -0.2) is 57.9 Å². The molecule has 46 heavy (non-hydrogen) atoms. The number of nitrogens with zero attached hydrogens (tertiary/aromatic N) is 3. The molecule has 6 rings (SSSR count). The summed E-state index contributed by atoms with van der Waals surface area (Å²) in [6, 6.07) is 19.6. The number of imidazole rings is 1. The third-order valence-corrected chi connectivity index (χ3v) is 9.23. The number of hydrogen-bond donors (Lipinski definition) is 2. The fourth-order valence-electron chi connectivity index (χ4n) is 6.16. The van der Waals surface area contributed by atoms with Gasteiger partial charge in [0.05, 0.1) is 6.67 Å². The summed E-state index contributed by atoms with van der Waals surface area (Å²) >= 11 is 18.4. The first-order valence-electron chi connectivity index (χ1n) is 15.4. The maximum Gasteiger partial charge on any atom is 0.269 e. The fourth-order valence-corrected chi connectivity index (χ4v) is 6.84. The lowest BCUT2D eigenvalue weighted by molar-refractivity contribution is 0.0943. The number of carbonyl (C=O) groups excluding carboxylic acids is 1. The Hall–Kier alpha value is -3.76. The molecule has 1 aliphatic heterocycles. The predicted octanol–water partition coefficient (Wildman–Crippen LogP) is 7.37. The fraction of sp³-hybridized carbons (Fsp3) is 0.286. The van der Waals surface area contributed by atoms with Crippen LogP contribution in [0.2, 0.25) is 10.0 Å². The minimum absolute atomic E-state index is 0.0834. The van der Waals surface area contributed by atoms with E-state index in [-0.39, 0.29) is 18.7 Å². The lowest BCUT2D eigenvalue weighted by Gasteiger charge is -2.19. The minimum atomic E-state index is -0.294. The molecule has 0 bridgehead atoms. The summed E-state index contributed by atoms with van der Waals surface area (Å²) in [4.78, 5) is 19.4. The SMILES string of the molecule is O=C(NNC(=S)n1ccnc1)c1ccc2c(c1)CCCC(c1ccc(Cl)cc1Cl)=C2c1ccc(OC2CCN(CCCF)C2)cc1. The number of nitrogens with one attached hydrogen (secondary N) is 2. The molecule has 0 radical (unpaired) electrons. The first-order valence-corrected chi connectivity index (χ1v) is 16.5. The van der Waals surface area contributed by atoms with Gasteiger partial charge in [0.2, 0.25) is 0 Å². The van der Waals surface area contributed by atoms with E-state index in [0.29, 0.717) is 27.1 Å². The molecule has 1 unspecified atom stereocenters. The number of likely N-dealkylation sites (tertiary alicyclic amines) is 1. The molecule has 1 fully saturated rings. The van der Waals surface area contributed by atoms with Crippen molar-refractivity contribution in [3.05, 3.63) is 117 Å². The molecule has 2 N–H and O–H groups in total. The second kappa shape index (κ2) is 14.8. The Morgan fingerprint density at radius 3 is 2.63 bits per heavy atom. The van der Waals surface area contributed by atoms with Crippen molar-refractivity contribution >= 4 is 57.6 Å². The van der Waals surface area contributed by atoms with Crippen LogP contribution in [0.1, 0.15) is 58.3 Å². The van der Waals surface area contributed by atoms with Gasteiger partial charge < -0.3 is 4.74 Å². The first kappa shape index (κ1) is 32.2. The number of benzene rings is 3. The third-order valence-electron chi connectivity index (χ3n) is 8.37. The van der Waals surface area contributed by atoms with Crippen molar-refractivity contribution in [1.29, 1.82) is 0 Å². The molecule has 1 amide bonds. The lowest BCUT2D eigenvalue weighted by Crippen LogP contribution is -2.43. The van der Waals surface area contributed by atoms with Crippen LogP contribution in [0, 0.1) is 0 Å². The Morgan fingerprint density at radius 2 is 1.87 bits per heavy atom. The molecule has 3 aromatic carbocycles. The maximum atomic E-state index is 13.1. The molecule has 1 atom stereocenters. The molecule has 1 aromatic heterocycles. The number of amides is 1. The Labute approximate surface area is 283 Å². The molecule has 2 aliphatic rings. The highest BCUT2D eigenvalue weighted by Gasteiger charge is 2.25. The summed E-state index contributed by atoms with van der Waals surface area (Å²) in [6.45, 7) is 2.20. The quantitative estimate of drug-likeness (QED) is 0.150.